The van der Waals surface area contributed by atoms with E-state index in [1.165, 1.54) is 17.1 Å². The summed E-state index contributed by atoms with van der Waals surface area (Å²) in [5.41, 5.74) is 3.86. The third-order valence-electron chi connectivity index (χ3n) is 3.04. The van der Waals surface area contributed by atoms with Gasteiger partial charge in [-0.15, -0.1) is 10.2 Å². The van der Waals surface area contributed by atoms with Crippen molar-refractivity contribution >= 4 is 12.1 Å². The average Bonchev–Trinajstić information content (AvgIpc) is 3.04. The quantitative estimate of drug-likeness (QED) is 0.542. The van der Waals surface area contributed by atoms with Crippen molar-refractivity contribution in [1.29, 1.82) is 0 Å². The first-order chi connectivity index (χ1) is 11.7. The Morgan fingerprint density at radius 1 is 1.21 bits per heavy atom. The normalized spacial score (nSPS) is 10.8. The molecule has 0 saturated heterocycles. The summed E-state index contributed by atoms with van der Waals surface area (Å²) in [6.45, 7) is -0.1000. The van der Waals surface area contributed by atoms with Crippen LogP contribution in [-0.4, -0.2) is 37.4 Å². The predicted octanol–water partition coefficient (Wildman–Crippen LogP) is 1.20. The molecule has 1 aromatic heterocycles. The fourth-order valence-electron chi connectivity index (χ4n) is 1.96. The molecular formula is C16H14N6O2. The number of nitrogens with one attached hydrogen (secondary N) is 1. The number of hydrogen-bond donors (Lipinski definition) is 2. The highest BCUT2D eigenvalue weighted by atomic mass is 16.3. The zero-order valence-corrected chi connectivity index (χ0v) is 12.6. The van der Waals surface area contributed by atoms with Gasteiger partial charge in [0.05, 0.1) is 6.21 Å². The van der Waals surface area contributed by atoms with Crippen molar-refractivity contribution in [2.24, 2.45) is 5.10 Å². The van der Waals surface area contributed by atoms with E-state index in [2.05, 4.69) is 25.9 Å². The third kappa shape index (κ3) is 4.01. The first kappa shape index (κ1) is 15.3. The van der Waals surface area contributed by atoms with Crippen molar-refractivity contribution in [2.45, 2.75) is 6.54 Å². The molecule has 0 radical (unpaired) electrons. The number of benzene rings is 2. The van der Waals surface area contributed by atoms with Crippen LogP contribution in [0.4, 0.5) is 0 Å². The molecule has 0 aliphatic carbocycles. The Morgan fingerprint density at radius 3 is 2.83 bits per heavy atom. The first-order valence-electron chi connectivity index (χ1n) is 7.15. The number of amides is 1. The summed E-state index contributed by atoms with van der Waals surface area (Å²) in [6.07, 6.45) is 1.43. The summed E-state index contributed by atoms with van der Waals surface area (Å²) in [6, 6.07) is 15.9. The molecule has 0 fully saturated rings. The van der Waals surface area contributed by atoms with E-state index < -0.39 is 0 Å². The van der Waals surface area contributed by atoms with Gasteiger partial charge in [-0.25, -0.2) is 5.43 Å². The number of aromatic nitrogens is 4. The maximum Gasteiger partial charge on any atom is 0.263 e. The molecule has 0 atom stereocenters. The van der Waals surface area contributed by atoms with Crippen LogP contribution in [0.15, 0.2) is 59.7 Å². The van der Waals surface area contributed by atoms with E-state index in [9.17, 15) is 9.90 Å². The topological polar surface area (TPSA) is 105 Å². The molecule has 0 aliphatic rings. The lowest BCUT2D eigenvalue weighted by Crippen LogP contribution is -2.24. The molecule has 0 bridgehead atoms. The Balaban J connectivity index is 1.57. The van der Waals surface area contributed by atoms with Gasteiger partial charge in [0.1, 0.15) is 12.3 Å². The van der Waals surface area contributed by atoms with Crippen LogP contribution in [0.1, 0.15) is 5.56 Å². The summed E-state index contributed by atoms with van der Waals surface area (Å²) < 4.78 is 0. The van der Waals surface area contributed by atoms with Crippen molar-refractivity contribution in [3.8, 4) is 17.1 Å². The van der Waals surface area contributed by atoms with Crippen molar-refractivity contribution < 1.29 is 9.90 Å². The molecule has 8 nitrogen and oxygen atoms in total. The van der Waals surface area contributed by atoms with Crippen molar-refractivity contribution in [3.63, 3.8) is 0 Å². The number of rotatable bonds is 5. The number of phenols is 1. The van der Waals surface area contributed by atoms with E-state index in [1.54, 1.807) is 18.2 Å². The number of carbonyl (C=O) groups excluding carboxylic acids is 1. The lowest BCUT2D eigenvalue weighted by Gasteiger charge is -1.98. The number of hydrogen-bond acceptors (Lipinski definition) is 6. The molecule has 24 heavy (non-hydrogen) atoms. The summed E-state index contributed by atoms with van der Waals surface area (Å²) in [4.78, 5) is 13.0. The van der Waals surface area contributed by atoms with Crippen LogP contribution in [0.25, 0.3) is 11.4 Å². The van der Waals surface area contributed by atoms with Crippen LogP contribution in [0, 0.1) is 0 Å². The SMILES string of the molecule is O=C(Cn1nnc(-c2ccccc2)n1)N/N=C\c1cccc(O)c1. The molecule has 3 rings (SSSR count). The van der Waals surface area contributed by atoms with Gasteiger partial charge in [-0.2, -0.15) is 9.90 Å². The Labute approximate surface area is 137 Å². The highest BCUT2D eigenvalue weighted by Gasteiger charge is 2.08. The number of carbonyl (C=O) groups is 1. The second kappa shape index (κ2) is 7.14. The molecular weight excluding hydrogens is 308 g/mol. The smallest absolute Gasteiger partial charge is 0.263 e. The fraction of sp³-hybridized carbons (Fsp3) is 0.0625. The van der Waals surface area contributed by atoms with Gasteiger partial charge in [0, 0.05) is 5.56 Å². The second-order valence-electron chi connectivity index (χ2n) is 4.90. The largest absolute Gasteiger partial charge is 0.508 e. The predicted molar refractivity (Wildman–Crippen MR) is 87.1 cm³/mol. The van der Waals surface area contributed by atoms with E-state index in [1.807, 2.05) is 30.3 Å². The van der Waals surface area contributed by atoms with Gasteiger partial charge >= 0.3 is 0 Å². The van der Waals surface area contributed by atoms with Crippen molar-refractivity contribution in [3.05, 3.63) is 60.2 Å². The van der Waals surface area contributed by atoms with E-state index in [0.717, 1.165) is 5.56 Å². The van der Waals surface area contributed by atoms with Crippen LogP contribution in [0.3, 0.4) is 0 Å². The van der Waals surface area contributed by atoms with Gasteiger partial charge in [-0.1, -0.05) is 42.5 Å². The molecule has 8 heteroatoms. The minimum Gasteiger partial charge on any atom is -0.508 e. The molecule has 1 amide bonds. The summed E-state index contributed by atoms with van der Waals surface area (Å²) in [7, 11) is 0. The van der Waals surface area contributed by atoms with Gasteiger partial charge in [-0.3, -0.25) is 4.79 Å². The fourth-order valence-corrected chi connectivity index (χ4v) is 1.96. The number of hydrazone groups is 1. The highest BCUT2D eigenvalue weighted by molar-refractivity contribution is 5.82. The minimum atomic E-state index is -0.386. The number of phenolic OH excluding ortho intramolecular Hbond substituents is 1. The lowest BCUT2D eigenvalue weighted by molar-refractivity contribution is -0.122. The standard InChI is InChI=1S/C16H14N6O2/c23-14-8-4-5-12(9-14)10-17-18-15(24)11-22-20-16(19-21-22)13-6-2-1-3-7-13/h1-10,23H,11H2,(H,18,24)/b17-10-. The van der Waals surface area contributed by atoms with E-state index in [4.69, 9.17) is 0 Å². The van der Waals surface area contributed by atoms with Gasteiger partial charge in [-0.05, 0) is 22.9 Å². The monoisotopic (exact) mass is 322 g/mol. The Morgan fingerprint density at radius 2 is 2.04 bits per heavy atom. The van der Waals surface area contributed by atoms with Crippen molar-refractivity contribution in [1.82, 2.24) is 25.6 Å². The summed E-state index contributed by atoms with van der Waals surface area (Å²) >= 11 is 0. The molecule has 0 spiro atoms. The van der Waals surface area contributed by atoms with Crippen LogP contribution in [0.2, 0.25) is 0 Å². The maximum atomic E-state index is 11.8. The van der Waals surface area contributed by atoms with Crippen LogP contribution in [0.5, 0.6) is 5.75 Å². The molecule has 1 heterocycles. The van der Waals surface area contributed by atoms with Gasteiger partial charge in [0.2, 0.25) is 5.82 Å². The molecule has 3 aromatic rings. The molecule has 2 aromatic carbocycles. The highest BCUT2D eigenvalue weighted by Crippen LogP contribution is 2.11. The molecule has 2 N–H and O–H groups in total. The third-order valence-corrected chi connectivity index (χ3v) is 3.04. The number of tetrazole rings is 1. The zero-order chi connectivity index (χ0) is 16.8. The van der Waals surface area contributed by atoms with Crippen LogP contribution in [-0.2, 0) is 11.3 Å². The zero-order valence-electron chi connectivity index (χ0n) is 12.6. The Hall–Kier alpha value is -3.55. The van der Waals surface area contributed by atoms with Crippen LogP contribution >= 0.6 is 0 Å². The Kier molecular flexibility index (Phi) is 4.57. The van der Waals surface area contributed by atoms with E-state index in [0.29, 0.717) is 11.4 Å². The number of nitrogens with zero attached hydrogens (tertiary/aromatic N) is 5. The molecule has 0 saturated carbocycles. The second-order valence-corrected chi connectivity index (χ2v) is 4.90. The maximum absolute atomic E-state index is 11.8. The summed E-state index contributed by atoms with van der Waals surface area (Å²) in [5, 5.41) is 25.1. The Bertz CT molecular complexity index is 860. The van der Waals surface area contributed by atoms with E-state index >= 15 is 0 Å². The van der Waals surface area contributed by atoms with E-state index in [-0.39, 0.29) is 18.2 Å². The van der Waals surface area contributed by atoms with Crippen LogP contribution < -0.4 is 5.43 Å². The number of aromatic hydroxyl groups is 1. The van der Waals surface area contributed by atoms with Gasteiger partial charge in [0.15, 0.2) is 0 Å². The molecule has 120 valence electrons. The summed E-state index contributed by atoms with van der Waals surface area (Å²) in [5.74, 6) is 0.195. The molecule has 0 aliphatic heterocycles. The molecule has 0 unspecified atom stereocenters. The van der Waals surface area contributed by atoms with Crippen molar-refractivity contribution in [2.75, 3.05) is 0 Å². The van der Waals surface area contributed by atoms with Gasteiger partial charge in [0.25, 0.3) is 5.91 Å². The minimum absolute atomic E-state index is 0.1000. The van der Waals surface area contributed by atoms with Gasteiger partial charge < -0.3 is 5.11 Å². The lowest BCUT2D eigenvalue weighted by atomic mass is 10.2. The average molecular weight is 322 g/mol. The first-order valence-corrected chi connectivity index (χ1v) is 7.15.